The summed E-state index contributed by atoms with van der Waals surface area (Å²) in [7, 11) is -1.80. The first-order valence-electron chi connectivity index (χ1n) is 7.38. The Hall–Kier alpha value is -3.38. The van der Waals surface area contributed by atoms with Gasteiger partial charge in [-0.05, 0) is 6.07 Å². The fourth-order valence-corrected chi connectivity index (χ4v) is 3.02. The highest BCUT2D eigenvalue weighted by Gasteiger charge is 2.18. The van der Waals surface area contributed by atoms with Crippen LogP contribution in [0.25, 0.3) is 10.8 Å². The van der Waals surface area contributed by atoms with Gasteiger partial charge in [-0.3, -0.25) is 4.55 Å². The van der Waals surface area contributed by atoms with Gasteiger partial charge in [0.2, 0.25) is 0 Å². The van der Waals surface area contributed by atoms with Gasteiger partial charge in [0.15, 0.2) is 0 Å². The van der Waals surface area contributed by atoms with E-state index in [1.165, 1.54) is 20.3 Å². The molecule has 3 N–H and O–H groups in total. The fourth-order valence-electron chi connectivity index (χ4n) is 2.30. The van der Waals surface area contributed by atoms with E-state index in [9.17, 15) is 13.0 Å². The van der Waals surface area contributed by atoms with E-state index in [-0.39, 0.29) is 39.6 Å². The van der Waals surface area contributed by atoms with Gasteiger partial charge < -0.3 is 15.2 Å². The number of aromatic nitrogens is 3. The lowest BCUT2D eigenvalue weighted by molar-refractivity contribution is 0.340. The first-order valence-corrected chi connectivity index (χ1v) is 8.82. The van der Waals surface area contributed by atoms with Gasteiger partial charge in [-0.25, -0.2) is 0 Å². The first kappa shape index (κ1) is 18.4. The highest BCUT2D eigenvalue weighted by Crippen LogP contribution is 2.36. The Kier molecular flexibility index (Phi) is 4.83. The monoisotopic (exact) mass is 390 g/mol. The largest absolute Gasteiger partial charge is 0.467 e. The van der Waals surface area contributed by atoms with Crippen molar-refractivity contribution in [1.29, 1.82) is 0 Å². The average molecular weight is 390 g/mol. The lowest BCUT2D eigenvalue weighted by atomic mass is 10.1. The van der Waals surface area contributed by atoms with Crippen molar-refractivity contribution in [2.24, 2.45) is 10.2 Å². The summed E-state index contributed by atoms with van der Waals surface area (Å²) < 4.78 is 42.8. The number of benzene rings is 2. The van der Waals surface area contributed by atoms with E-state index in [0.717, 1.165) is 6.07 Å². The van der Waals surface area contributed by atoms with E-state index in [4.69, 9.17) is 15.2 Å². The van der Waals surface area contributed by atoms with Crippen LogP contribution in [0.15, 0.2) is 45.5 Å². The standard InChI is InChI=1S/C15H14N6O5S/c1-25-14-17-13(18-15(19-14)26-2)21-20-10-7-11(27(22,23)24)8-5-3-4-6-9(8)12(10)16/h3-7H,16H2,1-2H3,(H,22,23,24). The molecule has 0 amide bonds. The van der Waals surface area contributed by atoms with Crippen LogP contribution >= 0.6 is 0 Å². The minimum atomic E-state index is -4.51. The SMILES string of the molecule is COc1nc(N=Nc2cc(S(=O)(=O)O)c3ccccc3c2N)nc(OC)n1. The van der Waals surface area contributed by atoms with Crippen molar-refractivity contribution in [3.05, 3.63) is 30.3 Å². The molecule has 0 radical (unpaired) electrons. The summed E-state index contributed by atoms with van der Waals surface area (Å²) in [6, 6.07) is 7.47. The molecule has 3 rings (SSSR count). The normalized spacial score (nSPS) is 11.8. The smallest absolute Gasteiger partial charge is 0.324 e. The molecule has 0 fully saturated rings. The molecular formula is C15H14N6O5S. The van der Waals surface area contributed by atoms with Crippen LogP contribution in [0, 0.1) is 0 Å². The first-order chi connectivity index (χ1) is 12.8. The molecule has 0 unspecified atom stereocenters. The maximum atomic E-state index is 11.7. The van der Waals surface area contributed by atoms with Crippen molar-refractivity contribution in [1.82, 2.24) is 15.0 Å². The summed E-state index contributed by atoms with van der Waals surface area (Å²) in [6.45, 7) is 0. The molecule has 0 atom stereocenters. The predicted octanol–water partition coefficient (Wildman–Crippen LogP) is 2.29. The second-order valence-corrected chi connectivity index (χ2v) is 6.53. The lowest BCUT2D eigenvalue weighted by Crippen LogP contribution is -2.01. The third kappa shape index (κ3) is 3.75. The van der Waals surface area contributed by atoms with Crippen LogP contribution in [0.2, 0.25) is 0 Å². The Morgan fingerprint density at radius 1 is 1.00 bits per heavy atom. The Morgan fingerprint density at radius 3 is 2.15 bits per heavy atom. The van der Waals surface area contributed by atoms with E-state index < -0.39 is 10.1 Å². The number of azo groups is 1. The lowest BCUT2D eigenvalue weighted by Gasteiger charge is -2.09. The number of nitrogen functional groups attached to an aromatic ring is 1. The van der Waals surface area contributed by atoms with Crippen molar-refractivity contribution < 1.29 is 22.4 Å². The van der Waals surface area contributed by atoms with Gasteiger partial charge in [0.1, 0.15) is 10.6 Å². The van der Waals surface area contributed by atoms with E-state index >= 15 is 0 Å². The number of hydrogen-bond acceptors (Lipinski definition) is 10. The number of ether oxygens (including phenoxy) is 2. The molecule has 12 heteroatoms. The topological polar surface area (TPSA) is 162 Å². The molecule has 3 aromatic rings. The van der Waals surface area contributed by atoms with E-state index in [1.54, 1.807) is 18.2 Å². The highest BCUT2D eigenvalue weighted by molar-refractivity contribution is 7.86. The number of nitrogens with two attached hydrogens (primary N) is 1. The second-order valence-electron chi connectivity index (χ2n) is 5.14. The van der Waals surface area contributed by atoms with Crippen molar-refractivity contribution in [2.75, 3.05) is 20.0 Å². The zero-order chi connectivity index (χ0) is 19.6. The molecule has 0 saturated heterocycles. The van der Waals surface area contributed by atoms with E-state index in [1.807, 2.05) is 0 Å². The maximum absolute atomic E-state index is 11.7. The summed E-state index contributed by atoms with van der Waals surface area (Å²) in [4.78, 5) is 11.3. The molecule has 1 aromatic heterocycles. The van der Waals surface area contributed by atoms with Crippen molar-refractivity contribution in [3.63, 3.8) is 0 Å². The van der Waals surface area contributed by atoms with Crippen LogP contribution in [-0.4, -0.2) is 42.1 Å². The Bertz CT molecular complexity index is 1130. The minimum Gasteiger partial charge on any atom is -0.467 e. The zero-order valence-electron chi connectivity index (χ0n) is 14.2. The summed E-state index contributed by atoms with van der Waals surface area (Å²) >= 11 is 0. The Labute approximate surface area is 153 Å². The van der Waals surface area contributed by atoms with Gasteiger partial charge in [0.25, 0.3) is 16.1 Å². The average Bonchev–Trinajstić information content (AvgIpc) is 2.66. The molecule has 11 nitrogen and oxygen atoms in total. The van der Waals surface area contributed by atoms with Crippen molar-refractivity contribution in [2.45, 2.75) is 4.90 Å². The summed E-state index contributed by atoms with van der Waals surface area (Å²) in [5, 5.41) is 8.40. The summed E-state index contributed by atoms with van der Waals surface area (Å²) in [5.74, 6) is -0.139. The maximum Gasteiger partial charge on any atom is 0.324 e. The molecule has 0 aliphatic rings. The Balaban J connectivity index is 2.15. The summed E-state index contributed by atoms with van der Waals surface area (Å²) in [5.41, 5.74) is 6.26. The van der Waals surface area contributed by atoms with Crippen LogP contribution < -0.4 is 15.2 Å². The molecule has 1 heterocycles. The number of fused-ring (bicyclic) bond motifs is 1. The van der Waals surface area contributed by atoms with Crippen LogP contribution in [0.3, 0.4) is 0 Å². The number of nitrogens with zero attached hydrogens (tertiary/aromatic N) is 5. The Morgan fingerprint density at radius 2 is 1.59 bits per heavy atom. The van der Waals surface area contributed by atoms with Gasteiger partial charge in [-0.1, -0.05) is 24.3 Å². The molecule has 27 heavy (non-hydrogen) atoms. The molecular weight excluding hydrogens is 376 g/mol. The van der Waals surface area contributed by atoms with Crippen LogP contribution in [0.4, 0.5) is 17.3 Å². The molecule has 0 bridgehead atoms. The molecule has 140 valence electrons. The van der Waals surface area contributed by atoms with E-state index in [0.29, 0.717) is 5.39 Å². The third-order valence-corrected chi connectivity index (χ3v) is 4.39. The van der Waals surface area contributed by atoms with Gasteiger partial charge >= 0.3 is 12.0 Å². The highest BCUT2D eigenvalue weighted by atomic mass is 32.2. The summed E-state index contributed by atoms with van der Waals surface area (Å²) in [6.07, 6.45) is 0. The molecule has 0 aliphatic heterocycles. The molecule has 2 aromatic carbocycles. The van der Waals surface area contributed by atoms with Gasteiger partial charge in [-0.15, -0.1) is 15.2 Å². The van der Waals surface area contributed by atoms with Crippen LogP contribution in [0.5, 0.6) is 12.0 Å². The molecule has 0 saturated carbocycles. The van der Waals surface area contributed by atoms with Gasteiger partial charge in [0.05, 0.1) is 19.9 Å². The van der Waals surface area contributed by atoms with Crippen LogP contribution in [-0.2, 0) is 10.1 Å². The molecule has 0 spiro atoms. The quantitative estimate of drug-likeness (QED) is 0.378. The number of hydrogen-bond donors (Lipinski definition) is 2. The number of anilines is 1. The van der Waals surface area contributed by atoms with Crippen LogP contribution in [0.1, 0.15) is 0 Å². The van der Waals surface area contributed by atoms with Gasteiger partial charge in [0, 0.05) is 10.8 Å². The number of rotatable bonds is 5. The van der Waals surface area contributed by atoms with Crippen molar-refractivity contribution in [3.8, 4) is 12.0 Å². The molecule has 0 aliphatic carbocycles. The van der Waals surface area contributed by atoms with Gasteiger partial charge in [-0.2, -0.15) is 18.4 Å². The zero-order valence-corrected chi connectivity index (χ0v) is 15.0. The van der Waals surface area contributed by atoms with Crippen molar-refractivity contribution >= 4 is 38.2 Å². The second kappa shape index (κ2) is 7.09. The van der Waals surface area contributed by atoms with E-state index in [2.05, 4.69) is 25.2 Å². The minimum absolute atomic E-state index is 0.0136. The fraction of sp³-hybridized carbons (Fsp3) is 0.133. The third-order valence-electron chi connectivity index (χ3n) is 3.50. The number of methoxy groups -OCH3 is 2. The predicted molar refractivity (Wildman–Crippen MR) is 95.3 cm³/mol.